The second-order valence-corrected chi connectivity index (χ2v) is 4.50. The molecule has 102 valence electrons. The van der Waals surface area contributed by atoms with Crippen LogP contribution in [0.2, 0.25) is 0 Å². The van der Waals surface area contributed by atoms with Gasteiger partial charge in [0, 0.05) is 18.7 Å². The van der Waals surface area contributed by atoms with Crippen molar-refractivity contribution in [2.45, 2.75) is 12.6 Å². The van der Waals surface area contributed by atoms with Crippen LogP contribution in [-0.2, 0) is 11.3 Å². The molecule has 1 fully saturated rings. The lowest BCUT2D eigenvalue weighted by molar-refractivity contribution is -0.0312. The van der Waals surface area contributed by atoms with Crippen molar-refractivity contribution in [1.82, 2.24) is 4.90 Å². The summed E-state index contributed by atoms with van der Waals surface area (Å²) in [7, 11) is 0. The summed E-state index contributed by atoms with van der Waals surface area (Å²) < 4.78 is 5.37. The summed E-state index contributed by atoms with van der Waals surface area (Å²) >= 11 is 0. The zero-order chi connectivity index (χ0) is 13.5. The molecule has 1 aliphatic rings. The number of ether oxygens (including phenoxy) is 1. The summed E-state index contributed by atoms with van der Waals surface area (Å²) in [6.45, 7) is 2.79. The van der Waals surface area contributed by atoms with Crippen LogP contribution >= 0.6 is 0 Å². The SMILES string of the molecule is OCC#Cc1ccccc1CN1CCOCC1CO. The monoisotopic (exact) mass is 261 g/mol. The van der Waals surface area contributed by atoms with Gasteiger partial charge in [0.05, 0.1) is 25.9 Å². The molecular weight excluding hydrogens is 242 g/mol. The summed E-state index contributed by atoms with van der Waals surface area (Å²) in [5.41, 5.74) is 2.04. The van der Waals surface area contributed by atoms with Crippen LogP contribution in [0.4, 0.5) is 0 Å². The molecule has 0 amide bonds. The molecule has 1 atom stereocenters. The molecular formula is C15H19NO3. The smallest absolute Gasteiger partial charge is 0.104 e. The standard InChI is InChI=1S/C15H19NO3/c17-8-3-6-13-4-1-2-5-14(13)10-16-7-9-19-12-15(16)11-18/h1-2,4-5,15,17-18H,7-12H2. The minimum atomic E-state index is -0.134. The fourth-order valence-electron chi connectivity index (χ4n) is 2.20. The molecule has 0 aliphatic carbocycles. The molecule has 1 aliphatic heterocycles. The van der Waals surface area contributed by atoms with Crippen LogP contribution in [0.1, 0.15) is 11.1 Å². The first-order valence-corrected chi connectivity index (χ1v) is 6.45. The van der Waals surface area contributed by atoms with Crippen molar-refractivity contribution in [3.05, 3.63) is 35.4 Å². The third-order valence-electron chi connectivity index (χ3n) is 3.25. The average Bonchev–Trinajstić information content (AvgIpc) is 2.47. The highest BCUT2D eigenvalue weighted by Crippen LogP contribution is 2.15. The van der Waals surface area contributed by atoms with Crippen molar-refractivity contribution in [2.75, 3.05) is 33.0 Å². The largest absolute Gasteiger partial charge is 0.395 e. The molecule has 1 saturated heterocycles. The number of aliphatic hydroxyl groups is 2. The highest BCUT2D eigenvalue weighted by molar-refractivity contribution is 5.41. The molecule has 4 nitrogen and oxygen atoms in total. The first-order chi connectivity index (χ1) is 9.35. The maximum atomic E-state index is 9.37. The number of hydrogen-bond donors (Lipinski definition) is 2. The lowest BCUT2D eigenvalue weighted by Gasteiger charge is -2.34. The van der Waals surface area contributed by atoms with Gasteiger partial charge >= 0.3 is 0 Å². The van der Waals surface area contributed by atoms with Gasteiger partial charge in [-0.25, -0.2) is 0 Å². The van der Waals surface area contributed by atoms with Gasteiger partial charge in [-0.05, 0) is 11.6 Å². The number of hydrogen-bond acceptors (Lipinski definition) is 4. The second kappa shape index (κ2) is 7.27. The highest BCUT2D eigenvalue weighted by atomic mass is 16.5. The predicted octanol–water partition coefficient (Wildman–Crippen LogP) is 0.223. The number of benzene rings is 1. The van der Waals surface area contributed by atoms with Crippen molar-refractivity contribution in [1.29, 1.82) is 0 Å². The van der Waals surface area contributed by atoms with E-state index in [9.17, 15) is 5.11 Å². The van der Waals surface area contributed by atoms with E-state index in [4.69, 9.17) is 9.84 Å². The third kappa shape index (κ3) is 3.79. The zero-order valence-electron chi connectivity index (χ0n) is 10.9. The van der Waals surface area contributed by atoms with Crippen LogP contribution in [0.3, 0.4) is 0 Å². The Morgan fingerprint density at radius 3 is 2.95 bits per heavy atom. The number of morpholine rings is 1. The van der Waals surface area contributed by atoms with E-state index < -0.39 is 0 Å². The normalized spacial score (nSPS) is 19.8. The molecule has 1 aromatic rings. The Morgan fingerprint density at radius 1 is 1.32 bits per heavy atom. The molecule has 0 aromatic heterocycles. The molecule has 1 unspecified atom stereocenters. The van der Waals surface area contributed by atoms with Crippen LogP contribution in [0, 0.1) is 11.8 Å². The van der Waals surface area contributed by atoms with Gasteiger partial charge in [0.15, 0.2) is 0 Å². The van der Waals surface area contributed by atoms with Crippen LogP contribution in [-0.4, -0.2) is 54.1 Å². The minimum absolute atomic E-state index is 0.0487. The first-order valence-electron chi connectivity index (χ1n) is 6.45. The number of rotatable bonds is 3. The van der Waals surface area contributed by atoms with Gasteiger partial charge in [0.2, 0.25) is 0 Å². The van der Waals surface area contributed by atoms with Gasteiger partial charge in [-0.2, -0.15) is 0 Å². The second-order valence-electron chi connectivity index (χ2n) is 4.50. The van der Waals surface area contributed by atoms with Crippen LogP contribution < -0.4 is 0 Å². The molecule has 0 saturated carbocycles. The Balaban J connectivity index is 2.13. The van der Waals surface area contributed by atoms with Crippen molar-refractivity contribution < 1.29 is 14.9 Å². The van der Waals surface area contributed by atoms with Gasteiger partial charge in [-0.15, -0.1) is 0 Å². The zero-order valence-corrected chi connectivity index (χ0v) is 10.9. The summed E-state index contributed by atoms with van der Waals surface area (Å²) in [6.07, 6.45) is 0. The fourth-order valence-corrected chi connectivity index (χ4v) is 2.20. The Labute approximate surface area is 113 Å². The lowest BCUT2D eigenvalue weighted by atomic mass is 10.1. The van der Waals surface area contributed by atoms with E-state index >= 15 is 0 Å². The first kappa shape index (κ1) is 14.0. The molecule has 2 N–H and O–H groups in total. The predicted molar refractivity (Wildman–Crippen MR) is 72.5 cm³/mol. The lowest BCUT2D eigenvalue weighted by Crippen LogP contribution is -2.46. The van der Waals surface area contributed by atoms with E-state index in [1.54, 1.807) is 0 Å². The molecule has 0 bridgehead atoms. The molecule has 19 heavy (non-hydrogen) atoms. The Hall–Kier alpha value is -1.38. The Kier molecular flexibility index (Phi) is 5.37. The summed E-state index contributed by atoms with van der Waals surface area (Å²) in [6, 6.07) is 7.95. The maximum absolute atomic E-state index is 9.37. The quantitative estimate of drug-likeness (QED) is 0.765. The van der Waals surface area contributed by atoms with Gasteiger partial charge in [0.1, 0.15) is 6.61 Å². The third-order valence-corrected chi connectivity index (χ3v) is 3.25. The molecule has 2 rings (SSSR count). The van der Waals surface area contributed by atoms with E-state index in [0.717, 1.165) is 24.2 Å². The average molecular weight is 261 g/mol. The molecule has 4 heteroatoms. The van der Waals surface area contributed by atoms with E-state index in [-0.39, 0.29) is 19.3 Å². The molecule has 1 aromatic carbocycles. The van der Waals surface area contributed by atoms with Crippen molar-refractivity contribution >= 4 is 0 Å². The summed E-state index contributed by atoms with van der Waals surface area (Å²) in [5.74, 6) is 5.65. The number of nitrogens with zero attached hydrogens (tertiary/aromatic N) is 1. The van der Waals surface area contributed by atoms with Crippen LogP contribution in [0.5, 0.6) is 0 Å². The number of aliphatic hydroxyl groups excluding tert-OH is 2. The van der Waals surface area contributed by atoms with Gasteiger partial charge in [-0.3, -0.25) is 4.90 Å². The van der Waals surface area contributed by atoms with Crippen LogP contribution in [0.15, 0.2) is 24.3 Å². The van der Waals surface area contributed by atoms with Crippen LogP contribution in [0.25, 0.3) is 0 Å². The minimum Gasteiger partial charge on any atom is -0.395 e. The van der Waals surface area contributed by atoms with Crippen molar-refractivity contribution in [3.8, 4) is 11.8 Å². The Bertz CT molecular complexity index is 464. The molecule has 0 spiro atoms. The Morgan fingerprint density at radius 2 is 2.16 bits per heavy atom. The van der Waals surface area contributed by atoms with E-state index in [0.29, 0.717) is 13.2 Å². The fraction of sp³-hybridized carbons (Fsp3) is 0.467. The molecule has 0 radical (unpaired) electrons. The molecule has 1 heterocycles. The van der Waals surface area contributed by atoms with Crippen molar-refractivity contribution in [3.63, 3.8) is 0 Å². The van der Waals surface area contributed by atoms with E-state index in [1.807, 2.05) is 24.3 Å². The van der Waals surface area contributed by atoms with Crippen molar-refractivity contribution in [2.24, 2.45) is 0 Å². The maximum Gasteiger partial charge on any atom is 0.104 e. The van der Waals surface area contributed by atoms with Gasteiger partial charge in [-0.1, -0.05) is 30.0 Å². The van der Waals surface area contributed by atoms with E-state index in [1.165, 1.54) is 0 Å². The highest BCUT2D eigenvalue weighted by Gasteiger charge is 2.22. The summed E-state index contributed by atoms with van der Waals surface area (Å²) in [4.78, 5) is 2.21. The van der Waals surface area contributed by atoms with Gasteiger partial charge in [0.25, 0.3) is 0 Å². The van der Waals surface area contributed by atoms with Gasteiger partial charge < -0.3 is 14.9 Å². The summed E-state index contributed by atoms with van der Waals surface area (Å²) in [5, 5.41) is 18.2. The van der Waals surface area contributed by atoms with E-state index in [2.05, 4.69) is 16.7 Å². The topological polar surface area (TPSA) is 52.9 Å².